The number of nitrogens with one attached hydrogen (secondary N) is 2. The second kappa shape index (κ2) is 2.07. The number of rotatable bonds is 1. The molecule has 0 aliphatic heterocycles. The Hall–Kier alpha value is -1.66. The van der Waals surface area contributed by atoms with Crippen molar-refractivity contribution in [2.75, 3.05) is 5.32 Å². The Morgan fingerprint density at radius 3 is 3.00 bits per heavy atom. The number of carboxylic acid groups (broad SMARTS) is 1. The molecule has 1 rings (SSSR count). The highest BCUT2D eigenvalue weighted by atomic mass is 16.4. The molecule has 0 radical (unpaired) electrons. The standard InChI is InChI=1S/C2H3N5O2/c8-2(9)3-1-4-6-7-5-1/h(H,8,9)(H2,3,4,5,6,7). The summed E-state index contributed by atoms with van der Waals surface area (Å²) in [7, 11) is 0. The van der Waals surface area contributed by atoms with Gasteiger partial charge in [-0.3, -0.25) is 5.32 Å². The van der Waals surface area contributed by atoms with E-state index in [2.05, 4.69) is 20.6 Å². The first-order valence-corrected chi connectivity index (χ1v) is 2.02. The van der Waals surface area contributed by atoms with Gasteiger partial charge in [-0.25, -0.2) is 4.79 Å². The molecule has 48 valence electrons. The van der Waals surface area contributed by atoms with Gasteiger partial charge in [0.05, 0.1) is 0 Å². The average molecular weight is 129 g/mol. The number of H-pyrrole nitrogens is 1. The first kappa shape index (κ1) is 5.48. The zero-order chi connectivity index (χ0) is 6.69. The molecule has 1 amide bonds. The van der Waals surface area contributed by atoms with Gasteiger partial charge in [-0.1, -0.05) is 5.10 Å². The van der Waals surface area contributed by atoms with E-state index in [-0.39, 0.29) is 5.95 Å². The SMILES string of the molecule is O=C(O)Nc1nn[nH]n1. The summed E-state index contributed by atoms with van der Waals surface area (Å²) in [4.78, 5) is 9.83. The quantitative estimate of drug-likeness (QED) is 0.464. The molecular formula is C2H3N5O2. The predicted octanol–water partition coefficient (Wildman–Crippen LogP) is -0.710. The molecule has 7 heteroatoms. The smallest absolute Gasteiger partial charge is 0.411 e. The monoisotopic (exact) mass is 129 g/mol. The van der Waals surface area contributed by atoms with Crippen LogP contribution >= 0.6 is 0 Å². The number of tetrazole rings is 1. The molecule has 3 N–H and O–H groups in total. The Labute approximate surface area is 49.1 Å². The van der Waals surface area contributed by atoms with Crippen molar-refractivity contribution in [3.8, 4) is 0 Å². The number of hydrogen-bond acceptors (Lipinski definition) is 4. The van der Waals surface area contributed by atoms with Crippen LogP contribution in [0.25, 0.3) is 0 Å². The first-order chi connectivity index (χ1) is 4.29. The van der Waals surface area contributed by atoms with Crippen molar-refractivity contribution in [2.45, 2.75) is 0 Å². The highest BCUT2D eigenvalue weighted by Crippen LogP contribution is 1.87. The number of carbonyl (C=O) groups is 1. The predicted molar refractivity (Wildman–Crippen MR) is 25.8 cm³/mol. The van der Waals surface area contributed by atoms with Crippen molar-refractivity contribution in [3.05, 3.63) is 0 Å². The summed E-state index contributed by atoms with van der Waals surface area (Å²) in [6.45, 7) is 0. The summed E-state index contributed by atoms with van der Waals surface area (Å²) < 4.78 is 0. The molecule has 0 bridgehead atoms. The van der Waals surface area contributed by atoms with Gasteiger partial charge in [0.1, 0.15) is 0 Å². The Balaban J connectivity index is 2.58. The van der Waals surface area contributed by atoms with E-state index in [4.69, 9.17) is 5.11 Å². The number of hydrogen-bond donors (Lipinski definition) is 3. The van der Waals surface area contributed by atoms with Gasteiger partial charge in [-0.2, -0.15) is 5.21 Å². The fourth-order valence-corrected chi connectivity index (χ4v) is 0.310. The summed E-state index contributed by atoms with van der Waals surface area (Å²) >= 11 is 0. The molecule has 0 aliphatic rings. The average Bonchev–Trinajstić information content (AvgIpc) is 2.15. The van der Waals surface area contributed by atoms with Crippen LogP contribution in [-0.4, -0.2) is 31.8 Å². The van der Waals surface area contributed by atoms with Crippen LogP contribution in [0.2, 0.25) is 0 Å². The molecule has 7 nitrogen and oxygen atoms in total. The molecule has 0 aliphatic carbocycles. The third-order valence-electron chi connectivity index (χ3n) is 0.564. The van der Waals surface area contributed by atoms with Crippen molar-refractivity contribution in [2.24, 2.45) is 0 Å². The van der Waals surface area contributed by atoms with Crippen molar-refractivity contribution in [1.82, 2.24) is 20.6 Å². The fraction of sp³-hybridized carbons (Fsp3) is 0. The van der Waals surface area contributed by atoms with Gasteiger partial charge in [0.15, 0.2) is 0 Å². The molecule has 1 heterocycles. The van der Waals surface area contributed by atoms with Crippen LogP contribution in [0.5, 0.6) is 0 Å². The van der Waals surface area contributed by atoms with Crippen molar-refractivity contribution in [3.63, 3.8) is 0 Å². The molecule has 0 spiro atoms. The molecule has 0 unspecified atom stereocenters. The number of anilines is 1. The Kier molecular flexibility index (Phi) is 1.26. The molecule has 0 aromatic carbocycles. The van der Waals surface area contributed by atoms with Crippen molar-refractivity contribution in [1.29, 1.82) is 0 Å². The normalized spacial score (nSPS) is 8.89. The van der Waals surface area contributed by atoms with Crippen LogP contribution < -0.4 is 5.32 Å². The molecule has 0 saturated heterocycles. The number of nitrogens with zero attached hydrogens (tertiary/aromatic N) is 3. The van der Waals surface area contributed by atoms with Crippen molar-refractivity contribution >= 4 is 12.0 Å². The van der Waals surface area contributed by atoms with E-state index in [0.717, 1.165) is 0 Å². The van der Waals surface area contributed by atoms with Crippen LogP contribution in [0.1, 0.15) is 0 Å². The summed E-state index contributed by atoms with van der Waals surface area (Å²) in [6, 6.07) is 0. The van der Waals surface area contributed by atoms with E-state index < -0.39 is 6.09 Å². The maximum Gasteiger partial charge on any atom is 0.411 e. The van der Waals surface area contributed by atoms with Gasteiger partial charge in [-0.05, 0) is 5.21 Å². The molecule has 0 saturated carbocycles. The lowest BCUT2D eigenvalue weighted by Gasteiger charge is -1.86. The lowest BCUT2D eigenvalue weighted by atomic mass is 11.0. The van der Waals surface area contributed by atoms with E-state index in [1.54, 1.807) is 0 Å². The van der Waals surface area contributed by atoms with E-state index in [0.29, 0.717) is 0 Å². The molecule has 0 fully saturated rings. The second-order valence-corrected chi connectivity index (χ2v) is 1.17. The molecule has 1 aromatic heterocycles. The van der Waals surface area contributed by atoms with Gasteiger partial charge in [0.2, 0.25) is 0 Å². The Morgan fingerprint density at radius 1 is 1.78 bits per heavy atom. The van der Waals surface area contributed by atoms with Gasteiger partial charge in [0, 0.05) is 0 Å². The lowest BCUT2D eigenvalue weighted by Crippen LogP contribution is -2.08. The van der Waals surface area contributed by atoms with Crippen LogP contribution in [0.4, 0.5) is 10.7 Å². The van der Waals surface area contributed by atoms with E-state index in [1.165, 1.54) is 0 Å². The minimum absolute atomic E-state index is 0.0532. The first-order valence-electron chi connectivity index (χ1n) is 2.02. The molecule has 9 heavy (non-hydrogen) atoms. The van der Waals surface area contributed by atoms with Crippen LogP contribution in [0.3, 0.4) is 0 Å². The van der Waals surface area contributed by atoms with Gasteiger partial charge in [-0.15, -0.1) is 5.10 Å². The summed E-state index contributed by atoms with van der Waals surface area (Å²) in [6.07, 6.45) is -1.21. The summed E-state index contributed by atoms with van der Waals surface area (Å²) in [5.74, 6) is -0.0532. The highest BCUT2D eigenvalue weighted by molar-refractivity contribution is 5.79. The van der Waals surface area contributed by atoms with Crippen molar-refractivity contribution < 1.29 is 9.90 Å². The van der Waals surface area contributed by atoms with E-state index in [1.807, 2.05) is 5.32 Å². The number of aromatic nitrogens is 4. The molecular weight excluding hydrogens is 126 g/mol. The third kappa shape index (κ3) is 1.37. The van der Waals surface area contributed by atoms with Crippen LogP contribution in [0.15, 0.2) is 0 Å². The lowest BCUT2D eigenvalue weighted by molar-refractivity contribution is 0.209. The number of aromatic amines is 1. The molecule has 1 aromatic rings. The maximum atomic E-state index is 9.83. The minimum atomic E-state index is -1.21. The summed E-state index contributed by atoms with van der Waals surface area (Å²) in [5, 5.41) is 21.8. The fourth-order valence-electron chi connectivity index (χ4n) is 0.310. The Morgan fingerprint density at radius 2 is 2.56 bits per heavy atom. The zero-order valence-electron chi connectivity index (χ0n) is 4.20. The second-order valence-electron chi connectivity index (χ2n) is 1.17. The highest BCUT2D eigenvalue weighted by Gasteiger charge is 1.99. The van der Waals surface area contributed by atoms with Gasteiger partial charge in [0.25, 0.3) is 5.95 Å². The van der Waals surface area contributed by atoms with Crippen LogP contribution in [-0.2, 0) is 0 Å². The van der Waals surface area contributed by atoms with Crippen LogP contribution in [0, 0.1) is 0 Å². The Bertz CT molecular complexity index is 193. The van der Waals surface area contributed by atoms with Gasteiger partial charge < -0.3 is 5.11 Å². The zero-order valence-corrected chi connectivity index (χ0v) is 4.20. The molecule has 0 atom stereocenters. The van der Waals surface area contributed by atoms with Gasteiger partial charge >= 0.3 is 6.09 Å². The van der Waals surface area contributed by atoms with E-state index in [9.17, 15) is 4.79 Å². The summed E-state index contributed by atoms with van der Waals surface area (Å²) in [5.41, 5.74) is 0. The third-order valence-corrected chi connectivity index (χ3v) is 0.564. The minimum Gasteiger partial charge on any atom is -0.465 e. The maximum absolute atomic E-state index is 9.83. The topological polar surface area (TPSA) is 104 Å². The van der Waals surface area contributed by atoms with E-state index >= 15 is 0 Å². The largest absolute Gasteiger partial charge is 0.465 e. The number of amides is 1.